The number of aromatic hydroxyl groups is 1. The number of alkyl halides is 3. The van der Waals surface area contributed by atoms with Crippen molar-refractivity contribution in [1.82, 2.24) is 0 Å². The first kappa shape index (κ1) is 22.4. The molecular weight excluding hydrogens is 438 g/mol. The van der Waals surface area contributed by atoms with Crippen LogP contribution in [0.2, 0.25) is 0 Å². The SMILES string of the molecule is O=C(O)C=Cc1ccc([C@@]2(C(F)(F)F)c3ccc(O)cc3CCN2c2ccc(F)cc2)cc1. The highest BCUT2D eigenvalue weighted by atomic mass is 19.4. The molecule has 0 aliphatic carbocycles. The Bertz CT molecular complexity index is 1200. The lowest BCUT2D eigenvalue weighted by atomic mass is 9.74. The number of nitrogens with zero attached hydrogens (tertiary/aromatic N) is 1. The first-order chi connectivity index (χ1) is 15.6. The maximum Gasteiger partial charge on any atom is 0.420 e. The molecule has 0 unspecified atom stereocenters. The van der Waals surface area contributed by atoms with Gasteiger partial charge < -0.3 is 15.1 Å². The van der Waals surface area contributed by atoms with E-state index in [1.807, 2.05) is 0 Å². The molecule has 2 N–H and O–H groups in total. The van der Waals surface area contributed by atoms with E-state index in [2.05, 4.69) is 0 Å². The Balaban J connectivity index is 1.98. The fourth-order valence-corrected chi connectivity index (χ4v) is 4.41. The van der Waals surface area contributed by atoms with Gasteiger partial charge in [0.1, 0.15) is 11.6 Å². The number of phenols is 1. The van der Waals surface area contributed by atoms with Gasteiger partial charge in [-0.25, -0.2) is 9.18 Å². The van der Waals surface area contributed by atoms with Crippen molar-refractivity contribution in [1.29, 1.82) is 0 Å². The van der Waals surface area contributed by atoms with E-state index in [-0.39, 0.29) is 35.5 Å². The van der Waals surface area contributed by atoms with Crippen molar-refractivity contribution < 1.29 is 32.6 Å². The molecule has 0 saturated heterocycles. The van der Waals surface area contributed by atoms with Crippen LogP contribution < -0.4 is 4.90 Å². The Labute approximate surface area is 187 Å². The van der Waals surface area contributed by atoms with Crippen molar-refractivity contribution in [2.24, 2.45) is 0 Å². The number of carboxylic acid groups (broad SMARTS) is 1. The van der Waals surface area contributed by atoms with E-state index in [1.54, 1.807) is 0 Å². The molecule has 0 amide bonds. The highest BCUT2D eigenvalue weighted by molar-refractivity contribution is 5.85. The third kappa shape index (κ3) is 3.92. The van der Waals surface area contributed by atoms with Crippen molar-refractivity contribution >= 4 is 17.7 Å². The van der Waals surface area contributed by atoms with Crippen molar-refractivity contribution in [2.75, 3.05) is 11.4 Å². The highest BCUT2D eigenvalue weighted by Crippen LogP contribution is 2.53. The summed E-state index contributed by atoms with van der Waals surface area (Å²) in [6.45, 7) is -0.0255. The summed E-state index contributed by atoms with van der Waals surface area (Å²) in [6.07, 6.45) is -2.36. The smallest absolute Gasteiger partial charge is 0.420 e. The molecule has 1 aliphatic rings. The van der Waals surface area contributed by atoms with E-state index >= 15 is 13.2 Å². The van der Waals surface area contributed by atoms with Gasteiger partial charge in [-0.1, -0.05) is 30.3 Å². The Morgan fingerprint density at radius 1 is 1.00 bits per heavy atom. The lowest BCUT2D eigenvalue weighted by Gasteiger charge is -2.50. The molecule has 33 heavy (non-hydrogen) atoms. The van der Waals surface area contributed by atoms with Crippen LogP contribution >= 0.6 is 0 Å². The van der Waals surface area contributed by atoms with Crippen LogP contribution in [0.5, 0.6) is 5.75 Å². The number of rotatable bonds is 4. The molecular formula is C25H19F4NO3. The molecule has 0 fully saturated rings. The Hall–Kier alpha value is -3.81. The standard InChI is InChI=1S/C25H19F4NO3/c26-19-6-8-20(9-7-19)30-14-13-17-15-21(31)10-11-22(17)24(30,25(27,28)29)18-4-1-16(2-5-18)3-12-23(32)33/h1-12,15,31H,13-14H2,(H,32,33)/t24-/m0/s1. The van der Waals surface area contributed by atoms with Crippen LogP contribution in [0.1, 0.15) is 22.3 Å². The van der Waals surface area contributed by atoms with Gasteiger partial charge in [-0.05, 0) is 71.1 Å². The average molecular weight is 457 g/mol. The van der Waals surface area contributed by atoms with Crippen LogP contribution in [-0.4, -0.2) is 28.9 Å². The van der Waals surface area contributed by atoms with Crippen LogP contribution in [0.3, 0.4) is 0 Å². The maximum absolute atomic E-state index is 15.2. The Morgan fingerprint density at radius 3 is 2.27 bits per heavy atom. The minimum atomic E-state index is -4.80. The molecule has 3 aromatic rings. The summed E-state index contributed by atoms with van der Waals surface area (Å²) in [5.41, 5.74) is -1.74. The molecule has 0 bridgehead atoms. The van der Waals surface area contributed by atoms with Gasteiger partial charge in [0.2, 0.25) is 0 Å². The molecule has 0 spiro atoms. The van der Waals surface area contributed by atoms with E-state index in [0.29, 0.717) is 11.1 Å². The van der Waals surface area contributed by atoms with Crippen molar-refractivity contribution in [3.63, 3.8) is 0 Å². The number of carboxylic acids is 1. The molecule has 3 aromatic carbocycles. The van der Waals surface area contributed by atoms with Crippen LogP contribution in [0, 0.1) is 5.82 Å². The van der Waals surface area contributed by atoms with Gasteiger partial charge in [0, 0.05) is 18.3 Å². The summed E-state index contributed by atoms with van der Waals surface area (Å²) in [6, 6.07) is 14.1. The van der Waals surface area contributed by atoms with E-state index in [4.69, 9.17) is 5.11 Å². The lowest BCUT2D eigenvalue weighted by Crippen LogP contribution is -2.60. The zero-order chi connectivity index (χ0) is 23.8. The lowest BCUT2D eigenvalue weighted by molar-refractivity contribution is -0.179. The van der Waals surface area contributed by atoms with Gasteiger partial charge in [-0.15, -0.1) is 0 Å². The molecule has 4 rings (SSSR count). The number of hydrogen-bond donors (Lipinski definition) is 2. The second-order valence-electron chi connectivity index (χ2n) is 7.72. The minimum Gasteiger partial charge on any atom is -0.508 e. The van der Waals surface area contributed by atoms with Crippen molar-refractivity contribution in [2.45, 2.75) is 18.1 Å². The van der Waals surface area contributed by atoms with E-state index < -0.39 is 23.5 Å². The maximum atomic E-state index is 15.2. The Morgan fingerprint density at radius 2 is 1.67 bits per heavy atom. The number of benzene rings is 3. The van der Waals surface area contributed by atoms with Gasteiger partial charge in [0.05, 0.1) is 0 Å². The predicted molar refractivity (Wildman–Crippen MR) is 116 cm³/mol. The zero-order valence-corrected chi connectivity index (χ0v) is 17.2. The van der Waals surface area contributed by atoms with E-state index in [0.717, 1.165) is 18.2 Å². The minimum absolute atomic E-state index is 0.0255. The third-order valence-corrected chi connectivity index (χ3v) is 5.78. The quantitative estimate of drug-likeness (QED) is 0.401. The average Bonchev–Trinajstić information content (AvgIpc) is 2.77. The largest absolute Gasteiger partial charge is 0.508 e. The summed E-state index contributed by atoms with van der Waals surface area (Å²) < 4.78 is 59.0. The summed E-state index contributed by atoms with van der Waals surface area (Å²) in [4.78, 5) is 12.0. The molecule has 1 heterocycles. The summed E-state index contributed by atoms with van der Waals surface area (Å²) in [7, 11) is 0. The van der Waals surface area contributed by atoms with Gasteiger partial charge in [-0.3, -0.25) is 0 Å². The Kier molecular flexibility index (Phi) is 5.61. The fourth-order valence-electron chi connectivity index (χ4n) is 4.41. The number of halogens is 4. The summed E-state index contributed by atoms with van der Waals surface area (Å²) >= 11 is 0. The van der Waals surface area contributed by atoms with Crippen molar-refractivity contribution in [3.05, 3.63) is 101 Å². The highest BCUT2D eigenvalue weighted by Gasteiger charge is 2.63. The van der Waals surface area contributed by atoms with Gasteiger partial charge >= 0.3 is 12.1 Å². The molecule has 0 radical (unpaired) electrons. The number of fused-ring (bicyclic) bond motifs is 1. The zero-order valence-electron chi connectivity index (χ0n) is 17.2. The topological polar surface area (TPSA) is 60.8 Å². The van der Waals surface area contributed by atoms with Crippen molar-refractivity contribution in [3.8, 4) is 5.75 Å². The van der Waals surface area contributed by atoms with Gasteiger partial charge in [-0.2, -0.15) is 13.2 Å². The number of anilines is 1. The molecule has 0 aromatic heterocycles. The summed E-state index contributed by atoms with van der Waals surface area (Å²) in [5, 5.41) is 18.7. The van der Waals surface area contributed by atoms with Gasteiger partial charge in [0.25, 0.3) is 0 Å². The predicted octanol–water partition coefficient (Wildman–Crippen LogP) is 5.50. The molecule has 1 aliphatic heterocycles. The van der Waals surface area contributed by atoms with Crippen LogP contribution in [0.15, 0.2) is 72.8 Å². The van der Waals surface area contributed by atoms with E-state index in [9.17, 15) is 14.3 Å². The number of phenolic OH excluding ortho intramolecular Hbond substituents is 1. The number of carbonyl (C=O) groups is 1. The molecule has 4 nitrogen and oxygen atoms in total. The first-order valence-electron chi connectivity index (χ1n) is 10.1. The second kappa shape index (κ2) is 8.27. The van der Waals surface area contributed by atoms with E-state index in [1.165, 1.54) is 65.6 Å². The number of hydrogen-bond acceptors (Lipinski definition) is 3. The van der Waals surface area contributed by atoms with Crippen LogP contribution in [0.4, 0.5) is 23.2 Å². The van der Waals surface area contributed by atoms with Crippen LogP contribution in [-0.2, 0) is 16.8 Å². The second-order valence-corrected chi connectivity index (χ2v) is 7.72. The summed E-state index contributed by atoms with van der Waals surface area (Å²) in [5.74, 6) is -1.86. The van der Waals surface area contributed by atoms with Gasteiger partial charge in [0.15, 0.2) is 5.54 Å². The monoisotopic (exact) mass is 457 g/mol. The third-order valence-electron chi connectivity index (χ3n) is 5.78. The molecule has 170 valence electrons. The molecule has 8 heteroatoms. The normalized spacial score (nSPS) is 18.4. The van der Waals surface area contributed by atoms with Crippen LogP contribution in [0.25, 0.3) is 6.08 Å². The fraction of sp³-hybridized carbons (Fsp3) is 0.160. The number of aliphatic carboxylic acids is 1. The first-order valence-corrected chi connectivity index (χ1v) is 10.1. The molecule has 0 saturated carbocycles. The molecule has 1 atom stereocenters.